The van der Waals surface area contributed by atoms with Gasteiger partial charge in [0.05, 0.1) is 13.2 Å². The molecule has 2 rings (SSSR count). The van der Waals surface area contributed by atoms with Crippen molar-refractivity contribution in [2.24, 2.45) is 5.92 Å². The summed E-state index contributed by atoms with van der Waals surface area (Å²) in [5.41, 5.74) is 1.46. The summed E-state index contributed by atoms with van der Waals surface area (Å²) in [6.07, 6.45) is 3.02. The number of hydrogen-bond donors (Lipinski definition) is 2. The molecule has 4 heteroatoms. The molecule has 112 valence electrons. The van der Waals surface area contributed by atoms with E-state index in [0.29, 0.717) is 25.1 Å². The molecule has 1 fully saturated rings. The van der Waals surface area contributed by atoms with Crippen molar-refractivity contribution >= 4 is 5.91 Å². The summed E-state index contributed by atoms with van der Waals surface area (Å²) in [5.74, 6) is 6.42. The molecule has 1 amide bonds. The molecule has 0 bridgehead atoms. The highest BCUT2D eigenvalue weighted by Gasteiger charge is 2.20. The third-order valence-electron chi connectivity index (χ3n) is 3.20. The van der Waals surface area contributed by atoms with Crippen LogP contribution < -0.4 is 5.32 Å². The van der Waals surface area contributed by atoms with Crippen LogP contribution in [0.25, 0.3) is 0 Å². The number of aliphatic hydroxyl groups is 1. The summed E-state index contributed by atoms with van der Waals surface area (Å²) in [4.78, 5) is 11.9. The van der Waals surface area contributed by atoms with Gasteiger partial charge in [-0.15, -0.1) is 0 Å². The lowest BCUT2D eigenvalue weighted by Gasteiger charge is -2.06. The number of amides is 1. The van der Waals surface area contributed by atoms with Crippen molar-refractivity contribution in [3.63, 3.8) is 0 Å². The van der Waals surface area contributed by atoms with Gasteiger partial charge in [-0.25, -0.2) is 0 Å². The normalized spacial score (nSPS) is 13.4. The van der Waals surface area contributed by atoms with Crippen molar-refractivity contribution in [2.45, 2.75) is 19.3 Å². The maximum absolute atomic E-state index is 11.9. The van der Waals surface area contributed by atoms with Crippen molar-refractivity contribution in [3.05, 3.63) is 35.4 Å². The van der Waals surface area contributed by atoms with Gasteiger partial charge >= 0.3 is 0 Å². The third-order valence-corrected chi connectivity index (χ3v) is 3.20. The van der Waals surface area contributed by atoms with Gasteiger partial charge in [-0.1, -0.05) is 11.8 Å². The van der Waals surface area contributed by atoms with Crippen molar-refractivity contribution in [3.8, 4) is 11.8 Å². The Bertz CT molecular complexity index is 509. The minimum Gasteiger partial charge on any atom is -0.395 e. The van der Waals surface area contributed by atoms with Crippen LogP contribution in [0.1, 0.15) is 35.2 Å². The summed E-state index contributed by atoms with van der Waals surface area (Å²) in [6, 6.07) is 7.12. The largest absolute Gasteiger partial charge is 0.395 e. The first-order chi connectivity index (χ1) is 10.3. The zero-order valence-corrected chi connectivity index (χ0v) is 12.1. The Morgan fingerprint density at radius 1 is 1.33 bits per heavy atom. The maximum Gasteiger partial charge on any atom is 0.251 e. The molecule has 0 aromatic heterocycles. The van der Waals surface area contributed by atoms with Gasteiger partial charge in [0.25, 0.3) is 5.91 Å². The molecule has 1 aliphatic rings. The molecule has 0 aliphatic heterocycles. The SMILES string of the molecule is O=C(NCCOCC1CC1)c1ccc(C#CCCO)cc1. The number of ether oxygens (including phenoxy) is 1. The van der Waals surface area contributed by atoms with Gasteiger partial charge in [-0.2, -0.15) is 0 Å². The predicted molar refractivity (Wildman–Crippen MR) is 80.9 cm³/mol. The van der Waals surface area contributed by atoms with Crippen LogP contribution in [0.15, 0.2) is 24.3 Å². The van der Waals surface area contributed by atoms with Gasteiger partial charge < -0.3 is 15.2 Å². The van der Waals surface area contributed by atoms with Crippen molar-refractivity contribution in [1.82, 2.24) is 5.32 Å². The molecule has 1 aliphatic carbocycles. The highest BCUT2D eigenvalue weighted by atomic mass is 16.5. The number of carbonyl (C=O) groups excluding carboxylic acids is 1. The molecule has 0 unspecified atom stereocenters. The number of benzene rings is 1. The first kappa shape index (κ1) is 15.6. The van der Waals surface area contributed by atoms with Crippen molar-refractivity contribution in [1.29, 1.82) is 0 Å². The number of nitrogens with one attached hydrogen (secondary N) is 1. The number of carbonyl (C=O) groups is 1. The molecule has 1 aromatic carbocycles. The summed E-state index contributed by atoms with van der Waals surface area (Å²) in [7, 11) is 0. The topological polar surface area (TPSA) is 58.6 Å². The standard InChI is InChI=1S/C17H21NO3/c19-11-2-1-3-14-6-8-16(9-7-14)17(20)18-10-12-21-13-15-4-5-15/h6-9,15,19H,2,4-5,10-13H2,(H,18,20). The first-order valence-electron chi connectivity index (χ1n) is 7.35. The highest BCUT2D eigenvalue weighted by molar-refractivity contribution is 5.94. The van der Waals surface area contributed by atoms with E-state index in [1.54, 1.807) is 12.1 Å². The summed E-state index contributed by atoms with van der Waals surface area (Å²) < 4.78 is 5.46. The number of rotatable bonds is 7. The fourth-order valence-corrected chi connectivity index (χ4v) is 1.80. The lowest BCUT2D eigenvalue weighted by Crippen LogP contribution is -2.27. The molecule has 4 nitrogen and oxygen atoms in total. The second-order valence-corrected chi connectivity index (χ2v) is 5.13. The van der Waals surface area contributed by atoms with Crippen LogP contribution in [-0.4, -0.2) is 37.4 Å². The molecule has 0 heterocycles. The van der Waals surface area contributed by atoms with Gasteiger partial charge in [0.15, 0.2) is 0 Å². The van der Waals surface area contributed by atoms with Gasteiger partial charge in [0.2, 0.25) is 0 Å². The molecular weight excluding hydrogens is 266 g/mol. The Morgan fingerprint density at radius 2 is 2.10 bits per heavy atom. The van der Waals surface area contributed by atoms with Gasteiger partial charge in [-0.05, 0) is 43.0 Å². The van der Waals surface area contributed by atoms with Crippen LogP contribution in [0, 0.1) is 17.8 Å². The summed E-state index contributed by atoms with van der Waals surface area (Å²) in [6.45, 7) is 1.98. The average Bonchev–Trinajstić information content (AvgIpc) is 3.32. The average molecular weight is 287 g/mol. The molecular formula is C17H21NO3. The molecule has 21 heavy (non-hydrogen) atoms. The molecule has 1 saturated carbocycles. The Morgan fingerprint density at radius 3 is 2.76 bits per heavy atom. The maximum atomic E-state index is 11.9. The van der Waals surface area contributed by atoms with Crippen LogP contribution in [0.2, 0.25) is 0 Å². The van der Waals surface area contributed by atoms with E-state index in [1.165, 1.54) is 12.8 Å². The summed E-state index contributed by atoms with van der Waals surface area (Å²) >= 11 is 0. The zero-order valence-electron chi connectivity index (χ0n) is 12.1. The predicted octanol–water partition coefficient (Wildman–Crippen LogP) is 1.58. The van der Waals surface area contributed by atoms with Crippen LogP contribution in [0.5, 0.6) is 0 Å². The Kier molecular flexibility index (Phi) is 6.26. The Balaban J connectivity index is 1.70. The first-order valence-corrected chi connectivity index (χ1v) is 7.35. The Hall–Kier alpha value is -1.83. The fourth-order valence-electron chi connectivity index (χ4n) is 1.80. The van der Waals surface area contributed by atoms with E-state index in [9.17, 15) is 4.79 Å². The van der Waals surface area contributed by atoms with E-state index in [0.717, 1.165) is 18.1 Å². The van der Waals surface area contributed by atoms with E-state index in [2.05, 4.69) is 17.2 Å². The Labute approximate surface area is 125 Å². The van der Waals surface area contributed by atoms with Crippen molar-refractivity contribution < 1.29 is 14.6 Å². The molecule has 0 radical (unpaired) electrons. The lowest BCUT2D eigenvalue weighted by molar-refractivity contribution is 0.0906. The van der Waals surface area contributed by atoms with E-state index < -0.39 is 0 Å². The van der Waals surface area contributed by atoms with Crippen LogP contribution in [-0.2, 0) is 4.74 Å². The molecule has 1 aromatic rings. The van der Waals surface area contributed by atoms with E-state index in [4.69, 9.17) is 9.84 Å². The molecule has 2 N–H and O–H groups in total. The smallest absolute Gasteiger partial charge is 0.251 e. The highest BCUT2D eigenvalue weighted by Crippen LogP contribution is 2.28. The van der Waals surface area contributed by atoms with Crippen LogP contribution >= 0.6 is 0 Å². The molecule has 0 spiro atoms. The minimum atomic E-state index is -0.0973. The second kappa shape index (κ2) is 8.46. The monoisotopic (exact) mass is 287 g/mol. The fraction of sp³-hybridized carbons (Fsp3) is 0.471. The van der Waals surface area contributed by atoms with Gasteiger partial charge in [0.1, 0.15) is 0 Å². The summed E-state index contributed by atoms with van der Waals surface area (Å²) in [5, 5.41) is 11.5. The molecule has 0 atom stereocenters. The number of hydrogen-bond acceptors (Lipinski definition) is 3. The molecule has 0 saturated heterocycles. The minimum absolute atomic E-state index is 0.0658. The quantitative estimate of drug-likeness (QED) is 0.591. The lowest BCUT2D eigenvalue weighted by atomic mass is 10.1. The van der Waals surface area contributed by atoms with Gasteiger partial charge in [0, 0.05) is 30.7 Å². The van der Waals surface area contributed by atoms with E-state index in [1.807, 2.05) is 12.1 Å². The third kappa shape index (κ3) is 5.99. The zero-order chi connectivity index (χ0) is 14.9. The van der Waals surface area contributed by atoms with Crippen molar-refractivity contribution in [2.75, 3.05) is 26.4 Å². The van der Waals surface area contributed by atoms with Crippen LogP contribution in [0.3, 0.4) is 0 Å². The second-order valence-electron chi connectivity index (χ2n) is 5.13. The van der Waals surface area contributed by atoms with E-state index in [-0.39, 0.29) is 12.5 Å². The number of aliphatic hydroxyl groups excluding tert-OH is 1. The van der Waals surface area contributed by atoms with Crippen LogP contribution in [0.4, 0.5) is 0 Å². The van der Waals surface area contributed by atoms with Gasteiger partial charge in [-0.3, -0.25) is 4.79 Å². The van der Waals surface area contributed by atoms with E-state index >= 15 is 0 Å².